The third-order valence-corrected chi connectivity index (χ3v) is 6.40. The molecule has 5 heteroatoms. The van der Waals surface area contributed by atoms with Crippen LogP contribution in [0.2, 0.25) is 0 Å². The van der Waals surface area contributed by atoms with Crippen LogP contribution in [0.4, 0.5) is 0 Å². The first-order chi connectivity index (χ1) is 13.6. The number of rotatable bonds is 3. The average Bonchev–Trinajstić information content (AvgIpc) is 3.24. The Bertz CT molecular complexity index is 1300. The molecule has 0 unspecified atom stereocenters. The quantitative estimate of drug-likeness (QED) is 0.298. The molecular weight excluding hydrogens is 432 g/mol. The van der Waals surface area contributed by atoms with Crippen molar-refractivity contribution in [2.75, 3.05) is 7.11 Å². The second-order valence-corrected chi connectivity index (χ2v) is 8.66. The first-order valence-corrected chi connectivity index (χ1v) is 10.6. The van der Waals surface area contributed by atoms with E-state index in [1.165, 1.54) is 15.8 Å². The monoisotopic (exact) mass is 448 g/mol. The highest BCUT2D eigenvalue weighted by atomic mass is 79.9. The second kappa shape index (κ2) is 6.76. The van der Waals surface area contributed by atoms with Gasteiger partial charge in [0.05, 0.1) is 28.7 Å². The molecule has 0 saturated carbocycles. The van der Waals surface area contributed by atoms with Crippen LogP contribution in [0.5, 0.6) is 5.75 Å². The van der Waals surface area contributed by atoms with Crippen molar-refractivity contribution >= 4 is 42.4 Å². The number of halogens is 1. The van der Waals surface area contributed by atoms with Crippen molar-refractivity contribution in [1.29, 1.82) is 0 Å². The minimum absolute atomic E-state index is 0.848. The van der Waals surface area contributed by atoms with Crippen molar-refractivity contribution in [1.82, 2.24) is 9.38 Å². The topological polar surface area (TPSA) is 26.5 Å². The Labute approximate surface area is 175 Å². The zero-order valence-corrected chi connectivity index (χ0v) is 17.8. The first-order valence-electron chi connectivity index (χ1n) is 8.96. The highest BCUT2D eigenvalue weighted by molar-refractivity contribution is 9.10. The lowest BCUT2D eigenvalue weighted by Crippen LogP contribution is -1.90. The number of aromatic nitrogens is 2. The highest BCUT2D eigenvalue weighted by Gasteiger charge is 2.20. The molecule has 5 aromatic rings. The van der Waals surface area contributed by atoms with Crippen LogP contribution in [0.3, 0.4) is 0 Å². The smallest absolute Gasteiger partial charge is 0.195 e. The van der Waals surface area contributed by atoms with Crippen molar-refractivity contribution in [2.24, 2.45) is 0 Å². The van der Waals surface area contributed by atoms with E-state index in [0.29, 0.717) is 0 Å². The normalized spacial score (nSPS) is 11.4. The van der Waals surface area contributed by atoms with Crippen molar-refractivity contribution in [2.45, 2.75) is 6.92 Å². The van der Waals surface area contributed by atoms with Gasteiger partial charge in [-0.1, -0.05) is 57.1 Å². The molecule has 2 heterocycles. The lowest BCUT2D eigenvalue weighted by atomic mass is 10.0. The number of thiazole rings is 1. The van der Waals surface area contributed by atoms with Gasteiger partial charge in [0.15, 0.2) is 4.96 Å². The van der Waals surface area contributed by atoms with E-state index in [-0.39, 0.29) is 0 Å². The van der Waals surface area contributed by atoms with Gasteiger partial charge >= 0.3 is 0 Å². The minimum atomic E-state index is 0.848. The molecule has 3 nitrogen and oxygen atoms in total. The Morgan fingerprint density at radius 3 is 2.36 bits per heavy atom. The number of benzene rings is 3. The molecule has 138 valence electrons. The van der Waals surface area contributed by atoms with E-state index in [0.717, 1.165) is 37.7 Å². The third kappa shape index (κ3) is 2.82. The predicted octanol–water partition coefficient (Wildman–Crippen LogP) is 6.96. The molecule has 0 N–H and O–H groups in total. The Kier molecular flexibility index (Phi) is 4.22. The van der Waals surface area contributed by atoms with Gasteiger partial charge in [-0.25, -0.2) is 4.98 Å². The molecule has 0 aliphatic carbocycles. The first kappa shape index (κ1) is 17.5. The molecular formula is C23H17BrN2OS. The summed E-state index contributed by atoms with van der Waals surface area (Å²) in [6.45, 7) is 2.10. The van der Waals surface area contributed by atoms with Crippen LogP contribution in [0.25, 0.3) is 37.7 Å². The van der Waals surface area contributed by atoms with Gasteiger partial charge in [-0.2, -0.15) is 0 Å². The van der Waals surface area contributed by atoms with Crippen LogP contribution in [-0.4, -0.2) is 16.5 Å². The van der Waals surface area contributed by atoms with Gasteiger partial charge in [0, 0.05) is 15.6 Å². The van der Waals surface area contributed by atoms with E-state index < -0.39 is 0 Å². The van der Waals surface area contributed by atoms with Crippen LogP contribution >= 0.6 is 27.3 Å². The van der Waals surface area contributed by atoms with Crippen molar-refractivity contribution in [3.8, 4) is 28.3 Å². The van der Waals surface area contributed by atoms with Crippen LogP contribution in [0.15, 0.2) is 71.2 Å². The summed E-state index contributed by atoms with van der Waals surface area (Å²) in [6.07, 6.45) is 0. The van der Waals surface area contributed by atoms with Gasteiger partial charge in [0.1, 0.15) is 5.75 Å². The standard InChI is InChI=1S/C23H17BrN2OS/c1-14-3-5-15(6-4-14)21-22(16-7-10-18(27-2)11-8-16)26-19-12-9-17(24)13-20(19)28-23(26)25-21/h3-13H,1-2H3. The van der Waals surface area contributed by atoms with Gasteiger partial charge in [0.25, 0.3) is 0 Å². The number of hydrogen-bond donors (Lipinski definition) is 0. The number of aryl methyl sites for hydroxylation is 1. The number of ether oxygens (including phenoxy) is 1. The van der Waals surface area contributed by atoms with Crippen LogP contribution in [-0.2, 0) is 0 Å². The van der Waals surface area contributed by atoms with E-state index in [1.807, 2.05) is 12.1 Å². The van der Waals surface area contributed by atoms with E-state index in [4.69, 9.17) is 9.72 Å². The third-order valence-electron chi connectivity index (χ3n) is 4.90. The molecule has 28 heavy (non-hydrogen) atoms. The van der Waals surface area contributed by atoms with E-state index in [9.17, 15) is 0 Å². The minimum Gasteiger partial charge on any atom is -0.497 e. The van der Waals surface area contributed by atoms with E-state index in [1.54, 1.807) is 18.4 Å². The Balaban J connectivity index is 1.84. The Hall–Kier alpha value is -2.63. The molecule has 0 bridgehead atoms. The maximum absolute atomic E-state index is 5.34. The Morgan fingerprint density at radius 1 is 0.929 bits per heavy atom. The van der Waals surface area contributed by atoms with E-state index in [2.05, 4.69) is 81.9 Å². The van der Waals surface area contributed by atoms with Crippen LogP contribution in [0.1, 0.15) is 5.56 Å². The molecule has 0 amide bonds. The number of fused-ring (bicyclic) bond motifs is 3. The molecule has 0 saturated heterocycles. The Morgan fingerprint density at radius 2 is 1.64 bits per heavy atom. The molecule has 0 aliphatic rings. The summed E-state index contributed by atoms with van der Waals surface area (Å²) < 4.78 is 9.90. The summed E-state index contributed by atoms with van der Waals surface area (Å²) in [4.78, 5) is 6.03. The summed E-state index contributed by atoms with van der Waals surface area (Å²) in [5.41, 5.74) is 6.76. The summed E-state index contributed by atoms with van der Waals surface area (Å²) in [5, 5.41) is 0. The second-order valence-electron chi connectivity index (χ2n) is 6.74. The maximum atomic E-state index is 5.34. The van der Waals surface area contributed by atoms with Gasteiger partial charge in [-0.15, -0.1) is 0 Å². The predicted molar refractivity (Wildman–Crippen MR) is 120 cm³/mol. The van der Waals surface area contributed by atoms with E-state index >= 15 is 0 Å². The maximum Gasteiger partial charge on any atom is 0.195 e. The molecule has 0 radical (unpaired) electrons. The zero-order chi connectivity index (χ0) is 19.3. The lowest BCUT2D eigenvalue weighted by Gasteiger charge is -2.08. The summed E-state index contributed by atoms with van der Waals surface area (Å²) in [6, 6.07) is 23.1. The van der Waals surface area contributed by atoms with Gasteiger partial charge in [-0.3, -0.25) is 4.40 Å². The summed E-state index contributed by atoms with van der Waals surface area (Å²) >= 11 is 5.29. The molecule has 2 aromatic heterocycles. The summed E-state index contributed by atoms with van der Waals surface area (Å²) in [7, 11) is 1.69. The fourth-order valence-corrected chi connectivity index (χ4v) is 5.05. The van der Waals surface area contributed by atoms with Crippen molar-refractivity contribution < 1.29 is 4.74 Å². The number of nitrogens with zero attached hydrogens (tertiary/aromatic N) is 2. The molecule has 3 aromatic carbocycles. The van der Waals surface area contributed by atoms with Crippen LogP contribution < -0.4 is 4.74 Å². The molecule has 0 fully saturated rings. The molecule has 0 spiro atoms. The number of methoxy groups -OCH3 is 1. The lowest BCUT2D eigenvalue weighted by molar-refractivity contribution is 0.415. The number of hydrogen-bond acceptors (Lipinski definition) is 3. The highest BCUT2D eigenvalue weighted by Crippen LogP contribution is 2.39. The fourth-order valence-electron chi connectivity index (χ4n) is 3.47. The van der Waals surface area contributed by atoms with Gasteiger partial charge in [0.2, 0.25) is 0 Å². The largest absolute Gasteiger partial charge is 0.497 e. The SMILES string of the molecule is COc1ccc(-c2c(-c3ccc(C)cc3)nc3sc4cc(Br)ccc4n23)cc1. The van der Waals surface area contributed by atoms with Gasteiger partial charge < -0.3 is 4.74 Å². The molecule has 0 atom stereocenters. The molecule has 5 rings (SSSR count). The average molecular weight is 449 g/mol. The molecule has 0 aliphatic heterocycles. The fraction of sp³-hybridized carbons (Fsp3) is 0.0870. The van der Waals surface area contributed by atoms with Crippen molar-refractivity contribution in [3.63, 3.8) is 0 Å². The van der Waals surface area contributed by atoms with Crippen molar-refractivity contribution in [3.05, 3.63) is 76.8 Å². The number of imidazole rings is 1. The van der Waals surface area contributed by atoms with Crippen LogP contribution in [0, 0.1) is 6.92 Å². The van der Waals surface area contributed by atoms with Gasteiger partial charge in [-0.05, 0) is 49.4 Å². The summed E-state index contributed by atoms with van der Waals surface area (Å²) in [5.74, 6) is 0.848. The zero-order valence-electron chi connectivity index (χ0n) is 15.4.